The van der Waals surface area contributed by atoms with Crippen molar-refractivity contribution in [3.63, 3.8) is 0 Å². The van der Waals surface area contributed by atoms with Gasteiger partial charge in [-0.25, -0.2) is 4.79 Å². The molecule has 0 aromatic heterocycles. The molecule has 176 valence electrons. The Morgan fingerprint density at radius 2 is 1.78 bits per heavy atom. The lowest BCUT2D eigenvalue weighted by Gasteiger charge is -2.34. The van der Waals surface area contributed by atoms with Gasteiger partial charge in [-0.15, -0.1) is 6.58 Å². The van der Waals surface area contributed by atoms with Crippen molar-refractivity contribution in [2.24, 2.45) is 0 Å². The standard InChI is InChI=1S/C25H37N3O4/c1-6-17-28(23(30)18(2)26-24(31)32-25(3,4)5)21(19-13-9-7-10-14-19)22(29)27-20-15-11-8-12-16-20/h6-7,9-10,13-14,18,20-21H,1,8,11-12,15-17H2,2-5H3,(H,26,31)(H,27,29). The molecule has 1 saturated carbocycles. The number of hydrogen-bond donors (Lipinski definition) is 2. The molecule has 2 rings (SSSR count). The summed E-state index contributed by atoms with van der Waals surface area (Å²) >= 11 is 0. The molecule has 2 unspecified atom stereocenters. The van der Waals surface area contributed by atoms with Crippen molar-refractivity contribution in [1.29, 1.82) is 0 Å². The van der Waals surface area contributed by atoms with Crippen molar-refractivity contribution in [1.82, 2.24) is 15.5 Å². The van der Waals surface area contributed by atoms with E-state index >= 15 is 0 Å². The third-order valence-corrected chi connectivity index (χ3v) is 5.34. The van der Waals surface area contributed by atoms with Crippen LogP contribution in [-0.2, 0) is 14.3 Å². The summed E-state index contributed by atoms with van der Waals surface area (Å²) in [4.78, 5) is 40.4. The van der Waals surface area contributed by atoms with Gasteiger partial charge in [-0.1, -0.05) is 55.7 Å². The van der Waals surface area contributed by atoms with Crippen LogP contribution in [0.2, 0.25) is 0 Å². The summed E-state index contributed by atoms with van der Waals surface area (Å²) in [5, 5.41) is 5.73. The number of alkyl carbamates (subject to hydrolysis) is 1. The van der Waals surface area contributed by atoms with Crippen LogP contribution in [0.25, 0.3) is 0 Å². The highest BCUT2D eigenvalue weighted by atomic mass is 16.6. The number of nitrogens with zero attached hydrogens (tertiary/aromatic N) is 1. The van der Waals surface area contributed by atoms with E-state index < -0.39 is 23.8 Å². The maximum Gasteiger partial charge on any atom is 0.408 e. The summed E-state index contributed by atoms with van der Waals surface area (Å²) in [6.07, 6.45) is 6.16. The van der Waals surface area contributed by atoms with E-state index in [0.717, 1.165) is 25.7 Å². The van der Waals surface area contributed by atoms with Crippen molar-refractivity contribution in [2.75, 3.05) is 6.54 Å². The molecule has 3 amide bonds. The Morgan fingerprint density at radius 3 is 2.34 bits per heavy atom. The molecular formula is C25H37N3O4. The van der Waals surface area contributed by atoms with Gasteiger partial charge in [0.05, 0.1) is 0 Å². The second-order valence-electron chi connectivity index (χ2n) is 9.30. The third-order valence-electron chi connectivity index (χ3n) is 5.34. The molecule has 0 saturated heterocycles. The van der Waals surface area contributed by atoms with Crippen molar-refractivity contribution in [2.45, 2.75) is 83.5 Å². The molecule has 1 aliphatic carbocycles. The van der Waals surface area contributed by atoms with Gasteiger partial charge in [0, 0.05) is 12.6 Å². The molecule has 1 fully saturated rings. The lowest BCUT2D eigenvalue weighted by Crippen LogP contribution is -2.53. The van der Waals surface area contributed by atoms with Crippen LogP contribution in [0, 0.1) is 0 Å². The lowest BCUT2D eigenvalue weighted by atomic mass is 9.94. The Labute approximate surface area is 191 Å². The van der Waals surface area contributed by atoms with Gasteiger partial charge < -0.3 is 20.3 Å². The van der Waals surface area contributed by atoms with Gasteiger partial charge >= 0.3 is 6.09 Å². The summed E-state index contributed by atoms with van der Waals surface area (Å²) in [6, 6.07) is 7.63. The highest BCUT2D eigenvalue weighted by molar-refractivity contribution is 5.92. The maximum atomic E-state index is 13.4. The molecular weight excluding hydrogens is 406 g/mol. The van der Waals surface area contributed by atoms with Gasteiger partial charge in [0.1, 0.15) is 17.7 Å². The fraction of sp³-hybridized carbons (Fsp3) is 0.560. The number of amides is 3. The number of nitrogens with one attached hydrogen (secondary N) is 2. The summed E-state index contributed by atoms with van der Waals surface area (Å²) in [5.41, 5.74) is 0.0283. The lowest BCUT2D eigenvalue weighted by molar-refractivity contribution is -0.141. The second-order valence-corrected chi connectivity index (χ2v) is 9.30. The number of hydrogen-bond acceptors (Lipinski definition) is 4. The van der Waals surface area contributed by atoms with Gasteiger partial charge in [0.15, 0.2) is 0 Å². The fourth-order valence-electron chi connectivity index (χ4n) is 3.89. The molecule has 2 atom stereocenters. The Hall–Kier alpha value is -2.83. The topological polar surface area (TPSA) is 87.7 Å². The highest BCUT2D eigenvalue weighted by Gasteiger charge is 2.35. The number of carbonyl (C=O) groups excluding carboxylic acids is 3. The fourth-order valence-corrected chi connectivity index (χ4v) is 3.89. The monoisotopic (exact) mass is 443 g/mol. The zero-order valence-electron chi connectivity index (χ0n) is 19.7. The van der Waals surface area contributed by atoms with Crippen LogP contribution < -0.4 is 10.6 Å². The predicted molar refractivity (Wildman–Crippen MR) is 125 cm³/mol. The second kappa shape index (κ2) is 11.7. The van der Waals surface area contributed by atoms with Crippen LogP contribution in [0.1, 0.15) is 71.4 Å². The third kappa shape index (κ3) is 7.70. The molecule has 0 radical (unpaired) electrons. The molecule has 1 aromatic rings. The molecule has 0 spiro atoms. The molecule has 7 heteroatoms. The average Bonchev–Trinajstić information content (AvgIpc) is 2.73. The zero-order valence-corrected chi connectivity index (χ0v) is 19.7. The number of ether oxygens (including phenoxy) is 1. The quantitative estimate of drug-likeness (QED) is 0.592. The minimum atomic E-state index is -0.876. The van der Waals surface area contributed by atoms with Gasteiger partial charge in [-0.2, -0.15) is 0 Å². The van der Waals surface area contributed by atoms with Gasteiger partial charge in [-0.3, -0.25) is 9.59 Å². The van der Waals surface area contributed by atoms with Crippen LogP contribution in [-0.4, -0.2) is 47.0 Å². The van der Waals surface area contributed by atoms with E-state index in [4.69, 9.17) is 4.74 Å². The van der Waals surface area contributed by atoms with Crippen LogP contribution in [0.5, 0.6) is 0 Å². The summed E-state index contributed by atoms with van der Waals surface area (Å²) < 4.78 is 5.27. The van der Waals surface area contributed by atoms with Crippen LogP contribution in [0.4, 0.5) is 4.79 Å². The Bertz CT molecular complexity index is 782. The van der Waals surface area contributed by atoms with E-state index in [1.165, 1.54) is 11.3 Å². The summed E-state index contributed by atoms with van der Waals surface area (Å²) in [5.74, 6) is -0.605. The van der Waals surface area contributed by atoms with Gasteiger partial charge in [-0.05, 0) is 46.1 Å². The summed E-state index contributed by atoms with van der Waals surface area (Å²) in [7, 11) is 0. The zero-order chi connectivity index (χ0) is 23.7. The Balaban J connectivity index is 2.25. The SMILES string of the molecule is C=CCN(C(=O)C(C)NC(=O)OC(C)(C)C)C(C(=O)NC1CCCCC1)c1ccccc1. The smallest absolute Gasteiger partial charge is 0.408 e. The Morgan fingerprint density at radius 1 is 1.16 bits per heavy atom. The highest BCUT2D eigenvalue weighted by Crippen LogP contribution is 2.24. The molecule has 1 aromatic carbocycles. The molecule has 0 bridgehead atoms. The first-order valence-corrected chi connectivity index (χ1v) is 11.4. The molecule has 2 N–H and O–H groups in total. The van der Waals surface area contributed by atoms with Crippen LogP contribution >= 0.6 is 0 Å². The molecule has 1 aliphatic rings. The van der Waals surface area contributed by atoms with Crippen molar-refractivity contribution < 1.29 is 19.1 Å². The summed E-state index contributed by atoms with van der Waals surface area (Å²) in [6.45, 7) is 10.8. The number of rotatable bonds is 8. The van der Waals surface area contributed by atoms with E-state index in [-0.39, 0.29) is 24.4 Å². The van der Waals surface area contributed by atoms with E-state index in [1.54, 1.807) is 33.8 Å². The van der Waals surface area contributed by atoms with Crippen LogP contribution in [0.15, 0.2) is 43.0 Å². The molecule has 32 heavy (non-hydrogen) atoms. The molecule has 7 nitrogen and oxygen atoms in total. The number of benzene rings is 1. The van der Waals surface area contributed by atoms with E-state index in [9.17, 15) is 14.4 Å². The molecule has 0 heterocycles. The molecule has 0 aliphatic heterocycles. The van der Waals surface area contributed by atoms with Crippen LogP contribution in [0.3, 0.4) is 0 Å². The largest absolute Gasteiger partial charge is 0.444 e. The van der Waals surface area contributed by atoms with Gasteiger partial charge in [0.25, 0.3) is 0 Å². The maximum absolute atomic E-state index is 13.4. The van der Waals surface area contributed by atoms with Gasteiger partial charge in [0.2, 0.25) is 11.8 Å². The first kappa shape index (κ1) is 25.4. The first-order valence-electron chi connectivity index (χ1n) is 11.4. The Kier molecular flexibility index (Phi) is 9.29. The van der Waals surface area contributed by atoms with Crippen molar-refractivity contribution in [3.05, 3.63) is 48.6 Å². The van der Waals surface area contributed by atoms with E-state index in [2.05, 4.69) is 17.2 Å². The minimum Gasteiger partial charge on any atom is -0.444 e. The number of carbonyl (C=O) groups is 3. The average molecular weight is 444 g/mol. The van der Waals surface area contributed by atoms with E-state index in [0.29, 0.717) is 5.56 Å². The first-order chi connectivity index (χ1) is 15.1. The van der Waals surface area contributed by atoms with Crippen molar-refractivity contribution >= 4 is 17.9 Å². The van der Waals surface area contributed by atoms with Crippen molar-refractivity contribution in [3.8, 4) is 0 Å². The normalized spacial score (nSPS) is 16.4. The minimum absolute atomic E-state index is 0.112. The van der Waals surface area contributed by atoms with E-state index in [1.807, 2.05) is 30.3 Å². The predicted octanol–water partition coefficient (Wildman–Crippen LogP) is 4.10.